The van der Waals surface area contributed by atoms with Gasteiger partial charge in [-0.1, -0.05) is 19.9 Å². The second-order valence-corrected chi connectivity index (χ2v) is 4.30. The predicted molar refractivity (Wildman–Crippen MR) is 65.0 cm³/mol. The highest BCUT2D eigenvalue weighted by Crippen LogP contribution is 2.12. The van der Waals surface area contributed by atoms with E-state index < -0.39 is 0 Å². The third kappa shape index (κ3) is 3.31. The number of nitrogens with one attached hydrogen (secondary N) is 1. The van der Waals surface area contributed by atoms with Crippen molar-refractivity contribution in [3.05, 3.63) is 23.9 Å². The topological polar surface area (TPSA) is 68.0 Å². The zero-order chi connectivity index (χ0) is 12.1. The third-order valence-electron chi connectivity index (χ3n) is 2.56. The summed E-state index contributed by atoms with van der Waals surface area (Å²) in [4.78, 5) is 16.0. The molecule has 4 heteroatoms. The number of pyridine rings is 1. The molecule has 0 fully saturated rings. The fraction of sp³-hybridized carbons (Fsp3) is 0.500. The fourth-order valence-corrected chi connectivity index (χ4v) is 1.44. The molecule has 1 rings (SSSR count). The standard InChI is InChI=1S/C12H19N3O/c1-8(2)10(6-13)12(16)15-11-5-4-9(3)7-14-11/h4-5,7-8,10H,6,13H2,1-3H3,(H,14,15,16). The smallest absolute Gasteiger partial charge is 0.230 e. The van der Waals surface area contributed by atoms with Crippen LogP contribution in [0.2, 0.25) is 0 Å². The summed E-state index contributed by atoms with van der Waals surface area (Å²) in [6.07, 6.45) is 1.72. The Bertz CT molecular complexity index is 346. The van der Waals surface area contributed by atoms with Gasteiger partial charge in [-0.05, 0) is 24.5 Å². The van der Waals surface area contributed by atoms with E-state index in [1.807, 2.05) is 26.8 Å². The molecule has 0 aliphatic heterocycles. The largest absolute Gasteiger partial charge is 0.330 e. The Morgan fingerprint density at radius 2 is 2.19 bits per heavy atom. The molecule has 0 aliphatic carbocycles. The van der Waals surface area contributed by atoms with Crippen LogP contribution in [0.1, 0.15) is 19.4 Å². The van der Waals surface area contributed by atoms with Crippen LogP contribution in [0.4, 0.5) is 5.82 Å². The zero-order valence-electron chi connectivity index (χ0n) is 10.0. The number of rotatable bonds is 4. The van der Waals surface area contributed by atoms with Crippen LogP contribution in [-0.2, 0) is 4.79 Å². The molecule has 1 atom stereocenters. The summed E-state index contributed by atoms with van der Waals surface area (Å²) in [5.41, 5.74) is 6.64. The van der Waals surface area contributed by atoms with Gasteiger partial charge in [-0.15, -0.1) is 0 Å². The van der Waals surface area contributed by atoms with Gasteiger partial charge in [-0.2, -0.15) is 0 Å². The Balaban J connectivity index is 2.66. The number of nitrogens with zero attached hydrogens (tertiary/aromatic N) is 1. The van der Waals surface area contributed by atoms with E-state index in [0.717, 1.165) is 5.56 Å². The van der Waals surface area contributed by atoms with Crippen molar-refractivity contribution in [3.63, 3.8) is 0 Å². The molecule has 0 spiro atoms. The number of carbonyl (C=O) groups is 1. The molecule has 1 aromatic heterocycles. The van der Waals surface area contributed by atoms with Gasteiger partial charge < -0.3 is 11.1 Å². The molecule has 16 heavy (non-hydrogen) atoms. The molecule has 0 saturated carbocycles. The molecule has 0 saturated heterocycles. The highest BCUT2D eigenvalue weighted by Gasteiger charge is 2.20. The summed E-state index contributed by atoms with van der Waals surface area (Å²) in [5, 5.41) is 2.77. The van der Waals surface area contributed by atoms with E-state index in [1.54, 1.807) is 12.3 Å². The van der Waals surface area contributed by atoms with E-state index in [-0.39, 0.29) is 17.7 Å². The minimum atomic E-state index is -0.164. The molecule has 0 aliphatic rings. The van der Waals surface area contributed by atoms with Crippen LogP contribution >= 0.6 is 0 Å². The molecule has 3 N–H and O–H groups in total. The molecular weight excluding hydrogens is 202 g/mol. The Hall–Kier alpha value is -1.42. The van der Waals surface area contributed by atoms with E-state index >= 15 is 0 Å². The Morgan fingerprint density at radius 3 is 2.62 bits per heavy atom. The van der Waals surface area contributed by atoms with E-state index in [1.165, 1.54) is 0 Å². The molecule has 0 bridgehead atoms. The highest BCUT2D eigenvalue weighted by molar-refractivity contribution is 5.91. The summed E-state index contributed by atoms with van der Waals surface area (Å²) < 4.78 is 0. The van der Waals surface area contributed by atoms with Gasteiger partial charge >= 0.3 is 0 Å². The summed E-state index contributed by atoms with van der Waals surface area (Å²) in [7, 11) is 0. The summed E-state index contributed by atoms with van der Waals surface area (Å²) in [6.45, 7) is 6.28. The van der Waals surface area contributed by atoms with Crippen molar-refractivity contribution >= 4 is 11.7 Å². The quantitative estimate of drug-likeness (QED) is 0.810. The first-order chi connectivity index (χ1) is 7.54. The Kier molecular flexibility index (Phi) is 4.43. The van der Waals surface area contributed by atoms with Crippen molar-refractivity contribution in [3.8, 4) is 0 Å². The van der Waals surface area contributed by atoms with Crippen LogP contribution in [-0.4, -0.2) is 17.4 Å². The SMILES string of the molecule is Cc1ccc(NC(=O)C(CN)C(C)C)nc1. The maximum Gasteiger partial charge on any atom is 0.230 e. The van der Waals surface area contributed by atoms with Crippen LogP contribution in [0, 0.1) is 18.8 Å². The first-order valence-corrected chi connectivity index (χ1v) is 5.48. The first kappa shape index (κ1) is 12.6. The molecule has 1 aromatic rings. The van der Waals surface area contributed by atoms with E-state index in [2.05, 4.69) is 10.3 Å². The predicted octanol–water partition coefficient (Wildman–Crippen LogP) is 1.56. The molecule has 1 amide bonds. The van der Waals surface area contributed by atoms with Crippen molar-refractivity contribution in [1.82, 2.24) is 4.98 Å². The molecule has 4 nitrogen and oxygen atoms in total. The van der Waals surface area contributed by atoms with Gasteiger partial charge in [0.05, 0.1) is 5.92 Å². The zero-order valence-corrected chi connectivity index (χ0v) is 10.0. The lowest BCUT2D eigenvalue weighted by Gasteiger charge is -2.17. The fourth-order valence-electron chi connectivity index (χ4n) is 1.44. The Labute approximate surface area is 96.3 Å². The first-order valence-electron chi connectivity index (χ1n) is 5.48. The molecule has 1 heterocycles. The van der Waals surface area contributed by atoms with Crippen LogP contribution in [0.3, 0.4) is 0 Å². The molecule has 0 radical (unpaired) electrons. The molecular formula is C12H19N3O. The van der Waals surface area contributed by atoms with Gasteiger partial charge in [0.15, 0.2) is 0 Å². The maximum absolute atomic E-state index is 11.8. The molecule has 1 unspecified atom stereocenters. The summed E-state index contributed by atoms with van der Waals surface area (Å²) in [6, 6.07) is 3.70. The lowest BCUT2D eigenvalue weighted by Crippen LogP contribution is -2.33. The van der Waals surface area contributed by atoms with Crippen molar-refractivity contribution in [2.75, 3.05) is 11.9 Å². The minimum Gasteiger partial charge on any atom is -0.330 e. The van der Waals surface area contributed by atoms with Crippen molar-refractivity contribution in [2.24, 2.45) is 17.6 Å². The number of nitrogens with two attached hydrogens (primary N) is 1. The van der Waals surface area contributed by atoms with Crippen molar-refractivity contribution in [2.45, 2.75) is 20.8 Å². The number of amides is 1. The number of hydrogen-bond donors (Lipinski definition) is 2. The monoisotopic (exact) mass is 221 g/mol. The second kappa shape index (κ2) is 5.61. The van der Waals surface area contributed by atoms with Crippen LogP contribution in [0.15, 0.2) is 18.3 Å². The van der Waals surface area contributed by atoms with Crippen molar-refractivity contribution < 1.29 is 4.79 Å². The van der Waals surface area contributed by atoms with E-state index in [9.17, 15) is 4.79 Å². The van der Waals surface area contributed by atoms with Gasteiger partial charge in [0.25, 0.3) is 0 Å². The number of aryl methyl sites for hydroxylation is 1. The lowest BCUT2D eigenvalue weighted by atomic mass is 9.95. The lowest BCUT2D eigenvalue weighted by molar-refractivity contribution is -0.120. The number of aromatic nitrogens is 1. The second-order valence-electron chi connectivity index (χ2n) is 4.30. The number of anilines is 1. The van der Waals surface area contributed by atoms with Crippen LogP contribution in [0.25, 0.3) is 0 Å². The van der Waals surface area contributed by atoms with Gasteiger partial charge in [-0.3, -0.25) is 4.79 Å². The highest BCUT2D eigenvalue weighted by atomic mass is 16.2. The number of hydrogen-bond acceptors (Lipinski definition) is 3. The van der Waals surface area contributed by atoms with E-state index in [4.69, 9.17) is 5.73 Å². The van der Waals surface area contributed by atoms with Crippen LogP contribution in [0.5, 0.6) is 0 Å². The minimum absolute atomic E-state index is 0.0612. The summed E-state index contributed by atoms with van der Waals surface area (Å²) in [5.74, 6) is 0.585. The normalized spacial score (nSPS) is 12.6. The van der Waals surface area contributed by atoms with Gasteiger partial charge in [0.2, 0.25) is 5.91 Å². The number of carbonyl (C=O) groups excluding carboxylic acids is 1. The third-order valence-corrected chi connectivity index (χ3v) is 2.56. The molecule has 0 aromatic carbocycles. The van der Waals surface area contributed by atoms with E-state index in [0.29, 0.717) is 12.4 Å². The van der Waals surface area contributed by atoms with Gasteiger partial charge in [-0.25, -0.2) is 4.98 Å². The molecule has 88 valence electrons. The van der Waals surface area contributed by atoms with Gasteiger partial charge in [0, 0.05) is 12.7 Å². The average molecular weight is 221 g/mol. The summed E-state index contributed by atoms with van der Waals surface area (Å²) >= 11 is 0. The van der Waals surface area contributed by atoms with Crippen molar-refractivity contribution in [1.29, 1.82) is 0 Å². The van der Waals surface area contributed by atoms with Crippen LogP contribution < -0.4 is 11.1 Å². The maximum atomic E-state index is 11.8. The Morgan fingerprint density at radius 1 is 1.50 bits per heavy atom. The van der Waals surface area contributed by atoms with Gasteiger partial charge in [0.1, 0.15) is 5.82 Å². The average Bonchev–Trinajstić information content (AvgIpc) is 2.22.